The predicted molar refractivity (Wildman–Crippen MR) is 265 cm³/mol. The Bertz CT molecular complexity index is 3590. The molecular weight excluding hydrogens is 763 g/mol. The van der Waals surface area contributed by atoms with Gasteiger partial charge >= 0.3 is 0 Å². The van der Waals surface area contributed by atoms with Crippen molar-refractivity contribution >= 4 is 43.6 Å². The Labute approximate surface area is 366 Å². The van der Waals surface area contributed by atoms with Gasteiger partial charge in [-0.15, -0.1) is 0 Å². The van der Waals surface area contributed by atoms with E-state index < -0.39 is 0 Å². The van der Waals surface area contributed by atoms with Crippen molar-refractivity contribution in [3.63, 3.8) is 0 Å². The summed E-state index contributed by atoms with van der Waals surface area (Å²) in [6.45, 7) is 2.18. The zero-order chi connectivity index (χ0) is 41.9. The molecule has 296 valence electrons. The number of hydrogen-bond acceptors (Lipinski definition) is 1. The first-order chi connectivity index (χ1) is 31.2. The highest BCUT2D eigenvalue weighted by Gasteiger charge is 2.18. The predicted octanol–water partition coefficient (Wildman–Crippen LogP) is 15.9. The van der Waals surface area contributed by atoms with Gasteiger partial charge in [-0.3, -0.25) is 0 Å². The summed E-state index contributed by atoms with van der Waals surface area (Å²) in [5.41, 5.74) is 19.5. The molecule has 0 unspecified atom stereocenters. The summed E-state index contributed by atoms with van der Waals surface area (Å²) < 4.78 is 4.82. The van der Waals surface area contributed by atoms with E-state index in [1.807, 2.05) is 0 Å². The largest absolute Gasteiger partial charge is 0.309 e. The molecular formula is C60H41N3. The topological polar surface area (TPSA) is 22.8 Å². The average molecular weight is 804 g/mol. The summed E-state index contributed by atoms with van der Waals surface area (Å²) in [7, 11) is 0. The number of nitrogens with zero attached hydrogens (tertiary/aromatic N) is 3. The maximum absolute atomic E-state index is 5.28. The van der Waals surface area contributed by atoms with Crippen LogP contribution in [-0.2, 0) is 0 Å². The smallest absolute Gasteiger partial charge is 0.0744 e. The third kappa shape index (κ3) is 6.25. The van der Waals surface area contributed by atoms with Crippen LogP contribution >= 0.6 is 0 Å². The molecule has 3 heterocycles. The van der Waals surface area contributed by atoms with Crippen molar-refractivity contribution in [1.82, 2.24) is 14.1 Å². The van der Waals surface area contributed by atoms with Gasteiger partial charge in [0.1, 0.15) is 0 Å². The molecule has 0 atom stereocenters. The number of pyridine rings is 1. The van der Waals surface area contributed by atoms with Gasteiger partial charge < -0.3 is 9.13 Å². The van der Waals surface area contributed by atoms with E-state index >= 15 is 0 Å². The summed E-state index contributed by atoms with van der Waals surface area (Å²) in [6.07, 6.45) is 0. The van der Waals surface area contributed by atoms with E-state index in [0.717, 1.165) is 39.5 Å². The molecule has 0 aliphatic rings. The number of benzene rings is 9. The molecule has 0 saturated carbocycles. The van der Waals surface area contributed by atoms with Crippen LogP contribution in [0.4, 0.5) is 0 Å². The number of hydrogen-bond donors (Lipinski definition) is 0. The molecule has 0 N–H and O–H groups in total. The molecule has 0 amide bonds. The first-order valence-electron chi connectivity index (χ1n) is 21.6. The molecule has 9 aromatic carbocycles. The number of rotatable bonds is 7. The standard InChI is InChI=1S/C60H41N3/c1-40-54(42-16-5-2-6-17-42)39-55(61-60(40)44-18-7-3-8-19-44)43-30-28-41(29-31-43)46-32-34-53-51-25-12-14-27-57(51)63(59(53)37-46)49-23-15-20-45(36-49)47-33-35-52-50-24-11-13-26-56(50)62(58(52)38-47)48-21-9-4-10-22-48/h2-39H,1H3. The summed E-state index contributed by atoms with van der Waals surface area (Å²) in [5, 5.41) is 4.98. The Morgan fingerprint density at radius 3 is 1.38 bits per heavy atom. The van der Waals surface area contributed by atoms with Gasteiger partial charge in [0.15, 0.2) is 0 Å². The van der Waals surface area contributed by atoms with E-state index in [4.69, 9.17) is 4.98 Å². The van der Waals surface area contributed by atoms with Crippen LogP contribution in [-0.4, -0.2) is 14.1 Å². The molecule has 0 fully saturated rings. The second-order valence-corrected chi connectivity index (χ2v) is 16.4. The molecule has 3 nitrogen and oxygen atoms in total. The molecule has 0 saturated heterocycles. The molecule has 3 aromatic heterocycles. The molecule has 0 spiro atoms. The minimum atomic E-state index is 0.959. The SMILES string of the molecule is Cc1c(-c2ccccc2)cc(-c2ccc(-c3ccc4c5ccccc5n(-c5cccc(-c6ccc7c8ccccc8n(-c8ccccc8)c7c6)c5)c4c3)cc2)nc1-c1ccccc1. The lowest BCUT2D eigenvalue weighted by atomic mass is 9.94. The van der Waals surface area contributed by atoms with E-state index in [2.05, 4.69) is 247 Å². The molecule has 3 heteroatoms. The Morgan fingerprint density at radius 2 is 0.746 bits per heavy atom. The van der Waals surface area contributed by atoms with Crippen LogP contribution in [0.25, 0.3) is 111 Å². The molecule has 0 bridgehead atoms. The number of fused-ring (bicyclic) bond motifs is 6. The number of para-hydroxylation sites is 3. The highest BCUT2D eigenvalue weighted by Crippen LogP contribution is 2.39. The van der Waals surface area contributed by atoms with Crippen LogP contribution in [0.5, 0.6) is 0 Å². The van der Waals surface area contributed by atoms with Gasteiger partial charge in [-0.25, -0.2) is 4.98 Å². The Kier molecular flexibility index (Phi) is 8.72. The third-order valence-corrected chi connectivity index (χ3v) is 12.7. The summed E-state index contributed by atoms with van der Waals surface area (Å²) in [6, 6.07) is 83.3. The lowest BCUT2D eigenvalue weighted by Gasteiger charge is -2.15. The van der Waals surface area contributed by atoms with Gasteiger partial charge in [-0.2, -0.15) is 0 Å². The van der Waals surface area contributed by atoms with Gasteiger partial charge in [0.05, 0.1) is 33.5 Å². The quantitative estimate of drug-likeness (QED) is 0.157. The maximum Gasteiger partial charge on any atom is 0.0744 e. The van der Waals surface area contributed by atoms with Crippen LogP contribution in [0.3, 0.4) is 0 Å². The van der Waals surface area contributed by atoms with E-state index in [0.29, 0.717) is 0 Å². The zero-order valence-electron chi connectivity index (χ0n) is 34.8. The normalized spacial score (nSPS) is 11.6. The Balaban J connectivity index is 0.950. The Morgan fingerprint density at radius 1 is 0.302 bits per heavy atom. The monoisotopic (exact) mass is 803 g/mol. The van der Waals surface area contributed by atoms with Gasteiger partial charge in [0, 0.05) is 44.0 Å². The van der Waals surface area contributed by atoms with Crippen molar-refractivity contribution in [3.05, 3.63) is 236 Å². The molecule has 0 aliphatic carbocycles. The first-order valence-corrected chi connectivity index (χ1v) is 21.6. The molecule has 12 rings (SSSR count). The van der Waals surface area contributed by atoms with Crippen molar-refractivity contribution in [3.8, 4) is 67.3 Å². The van der Waals surface area contributed by atoms with Gasteiger partial charge in [0.25, 0.3) is 0 Å². The molecule has 12 aromatic rings. The van der Waals surface area contributed by atoms with Crippen molar-refractivity contribution < 1.29 is 0 Å². The van der Waals surface area contributed by atoms with Crippen LogP contribution < -0.4 is 0 Å². The summed E-state index contributed by atoms with van der Waals surface area (Å²) >= 11 is 0. The highest BCUT2D eigenvalue weighted by molar-refractivity contribution is 6.11. The molecule has 63 heavy (non-hydrogen) atoms. The van der Waals surface area contributed by atoms with Crippen LogP contribution in [0.1, 0.15) is 5.56 Å². The van der Waals surface area contributed by atoms with Crippen LogP contribution in [0, 0.1) is 6.92 Å². The van der Waals surface area contributed by atoms with Crippen molar-refractivity contribution in [1.29, 1.82) is 0 Å². The van der Waals surface area contributed by atoms with Gasteiger partial charge in [-0.1, -0.05) is 176 Å². The van der Waals surface area contributed by atoms with Crippen molar-refractivity contribution in [2.24, 2.45) is 0 Å². The van der Waals surface area contributed by atoms with Gasteiger partial charge in [0.2, 0.25) is 0 Å². The zero-order valence-corrected chi connectivity index (χ0v) is 34.8. The highest BCUT2D eigenvalue weighted by atomic mass is 15.0. The fraction of sp³-hybridized carbons (Fsp3) is 0.0167. The maximum atomic E-state index is 5.28. The fourth-order valence-electron chi connectivity index (χ4n) is 9.64. The second kappa shape index (κ2) is 15.0. The third-order valence-electron chi connectivity index (χ3n) is 12.7. The van der Waals surface area contributed by atoms with E-state index in [1.54, 1.807) is 0 Å². The van der Waals surface area contributed by atoms with Crippen molar-refractivity contribution in [2.75, 3.05) is 0 Å². The minimum Gasteiger partial charge on any atom is -0.309 e. The average Bonchev–Trinajstić information content (AvgIpc) is 3.87. The van der Waals surface area contributed by atoms with Crippen LogP contribution in [0.15, 0.2) is 231 Å². The summed E-state index contributed by atoms with van der Waals surface area (Å²) in [5.74, 6) is 0. The second-order valence-electron chi connectivity index (χ2n) is 16.4. The van der Waals surface area contributed by atoms with Crippen LogP contribution in [0.2, 0.25) is 0 Å². The summed E-state index contributed by atoms with van der Waals surface area (Å²) in [4.78, 5) is 5.28. The van der Waals surface area contributed by atoms with Crippen molar-refractivity contribution in [2.45, 2.75) is 6.92 Å². The van der Waals surface area contributed by atoms with E-state index in [-0.39, 0.29) is 0 Å². The first kappa shape index (κ1) is 36.6. The lowest BCUT2D eigenvalue weighted by molar-refractivity contribution is 1.18. The molecule has 0 aliphatic heterocycles. The molecule has 0 radical (unpaired) electrons. The minimum absolute atomic E-state index is 0.959. The Hall–Kier alpha value is -8.27. The van der Waals surface area contributed by atoms with Gasteiger partial charge in [-0.05, 0) is 100 Å². The lowest BCUT2D eigenvalue weighted by Crippen LogP contribution is -1.96. The fourth-order valence-corrected chi connectivity index (χ4v) is 9.64. The van der Waals surface area contributed by atoms with E-state index in [1.165, 1.54) is 77.0 Å². The van der Waals surface area contributed by atoms with E-state index in [9.17, 15) is 0 Å². The number of aromatic nitrogens is 3.